The SMILES string of the molecule is O=C(CCC(F)(F)F)CNC1CCCC1. The normalized spacial score (nSPS) is 18.3. The van der Waals surface area contributed by atoms with Crippen molar-refractivity contribution in [1.29, 1.82) is 0 Å². The number of carbonyl (C=O) groups is 1. The van der Waals surface area contributed by atoms with E-state index < -0.39 is 19.0 Å². The smallest absolute Gasteiger partial charge is 0.307 e. The van der Waals surface area contributed by atoms with Crippen LogP contribution in [0, 0.1) is 0 Å². The zero-order valence-electron chi connectivity index (χ0n) is 8.57. The molecule has 0 heterocycles. The number of rotatable bonds is 5. The lowest BCUT2D eigenvalue weighted by Crippen LogP contribution is -2.31. The highest BCUT2D eigenvalue weighted by atomic mass is 19.4. The van der Waals surface area contributed by atoms with Crippen molar-refractivity contribution in [1.82, 2.24) is 5.32 Å². The molecule has 0 unspecified atom stereocenters. The van der Waals surface area contributed by atoms with E-state index in [0.717, 1.165) is 25.7 Å². The van der Waals surface area contributed by atoms with Gasteiger partial charge in [-0.3, -0.25) is 4.79 Å². The van der Waals surface area contributed by atoms with Crippen LogP contribution in [0.3, 0.4) is 0 Å². The third-order valence-corrected chi connectivity index (χ3v) is 2.63. The van der Waals surface area contributed by atoms with Gasteiger partial charge in [0, 0.05) is 12.5 Å². The van der Waals surface area contributed by atoms with Gasteiger partial charge in [0.15, 0.2) is 0 Å². The lowest BCUT2D eigenvalue weighted by molar-refractivity contribution is -0.142. The predicted octanol–water partition coefficient (Wildman–Crippen LogP) is 2.43. The number of Topliss-reactive ketones (excluding diaryl/α,β-unsaturated/α-hetero) is 1. The molecule has 0 saturated heterocycles. The average Bonchev–Trinajstić information content (AvgIpc) is 2.62. The van der Waals surface area contributed by atoms with Gasteiger partial charge in [-0.15, -0.1) is 0 Å². The Morgan fingerprint density at radius 1 is 1.27 bits per heavy atom. The van der Waals surface area contributed by atoms with Crippen LogP contribution >= 0.6 is 0 Å². The summed E-state index contributed by atoms with van der Waals surface area (Å²) in [7, 11) is 0. The average molecular weight is 223 g/mol. The maximum atomic E-state index is 11.8. The molecule has 1 N–H and O–H groups in total. The largest absolute Gasteiger partial charge is 0.389 e. The fourth-order valence-electron chi connectivity index (χ4n) is 1.76. The molecule has 1 rings (SSSR count). The van der Waals surface area contributed by atoms with E-state index in [9.17, 15) is 18.0 Å². The summed E-state index contributed by atoms with van der Waals surface area (Å²) in [5.74, 6) is -0.348. The summed E-state index contributed by atoms with van der Waals surface area (Å²) < 4.78 is 35.4. The molecule has 88 valence electrons. The van der Waals surface area contributed by atoms with Gasteiger partial charge in [0.2, 0.25) is 0 Å². The first kappa shape index (κ1) is 12.5. The van der Waals surface area contributed by atoms with Gasteiger partial charge in [0.05, 0.1) is 13.0 Å². The Morgan fingerprint density at radius 2 is 1.87 bits per heavy atom. The molecule has 0 aromatic rings. The second-order valence-electron chi connectivity index (χ2n) is 4.02. The van der Waals surface area contributed by atoms with E-state index >= 15 is 0 Å². The minimum atomic E-state index is -4.22. The van der Waals surface area contributed by atoms with Crippen molar-refractivity contribution in [3.8, 4) is 0 Å². The standard InChI is InChI=1S/C10H16F3NO/c11-10(12,13)6-5-9(15)7-14-8-3-1-2-4-8/h8,14H,1-7H2. The van der Waals surface area contributed by atoms with Gasteiger partial charge in [-0.1, -0.05) is 12.8 Å². The highest BCUT2D eigenvalue weighted by Gasteiger charge is 2.27. The fraction of sp³-hybridized carbons (Fsp3) is 0.900. The van der Waals surface area contributed by atoms with Gasteiger partial charge in [0.1, 0.15) is 5.78 Å². The van der Waals surface area contributed by atoms with Crippen LogP contribution in [0.15, 0.2) is 0 Å². The molecule has 0 spiro atoms. The highest BCUT2D eigenvalue weighted by molar-refractivity contribution is 5.80. The topological polar surface area (TPSA) is 29.1 Å². The van der Waals surface area contributed by atoms with Crippen LogP contribution in [-0.2, 0) is 4.79 Å². The minimum Gasteiger partial charge on any atom is -0.307 e. The molecule has 0 aliphatic heterocycles. The number of hydrogen-bond acceptors (Lipinski definition) is 2. The number of ketones is 1. The van der Waals surface area contributed by atoms with E-state index in [1.807, 2.05) is 0 Å². The van der Waals surface area contributed by atoms with Crippen LogP contribution in [0.2, 0.25) is 0 Å². The summed E-state index contributed by atoms with van der Waals surface area (Å²) >= 11 is 0. The summed E-state index contributed by atoms with van der Waals surface area (Å²) in [4.78, 5) is 11.1. The Hall–Kier alpha value is -0.580. The minimum absolute atomic E-state index is 0.0841. The van der Waals surface area contributed by atoms with E-state index in [1.165, 1.54) is 0 Å². The van der Waals surface area contributed by atoms with E-state index in [2.05, 4.69) is 5.32 Å². The molecule has 0 aromatic heterocycles. The molecule has 0 amide bonds. The molecular weight excluding hydrogens is 207 g/mol. The molecule has 2 nitrogen and oxygen atoms in total. The van der Waals surface area contributed by atoms with Crippen molar-refractivity contribution in [3.63, 3.8) is 0 Å². The first-order chi connectivity index (χ1) is 6.97. The Labute approximate surface area is 87.2 Å². The molecule has 0 atom stereocenters. The predicted molar refractivity (Wildman–Crippen MR) is 50.6 cm³/mol. The van der Waals surface area contributed by atoms with Gasteiger partial charge < -0.3 is 5.32 Å². The Bertz CT molecular complexity index is 209. The van der Waals surface area contributed by atoms with Crippen molar-refractivity contribution < 1.29 is 18.0 Å². The van der Waals surface area contributed by atoms with Crippen LogP contribution < -0.4 is 5.32 Å². The number of hydrogen-bond donors (Lipinski definition) is 1. The Morgan fingerprint density at radius 3 is 2.40 bits per heavy atom. The van der Waals surface area contributed by atoms with Crippen LogP contribution in [0.5, 0.6) is 0 Å². The summed E-state index contributed by atoms with van der Waals surface area (Å²) in [6.45, 7) is 0.0841. The van der Waals surface area contributed by atoms with Gasteiger partial charge in [-0.2, -0.15) is 13.2 Å². The van der Waals surface area contributed by atoms with Crippen molar-refractivity contribution >= 4 is 5.78 Å². The maximum absolute atomic E-state index is 11.8. The van der Waals surface area contributed by atoms with Crippen LogP contribution in [0.4, 0.5) is 13.2 Å². The summed E-state index contributed by atoms with van der Waals surface area (Å²) in [5.41, 5.74) is 0. The fourth-order valence-corrected chi connectivity index (χ4v) is 1.76. The van der Waals surface area contributed by atoms with E-state index in [0.29, 0.717) is 6.04 Å². The number of alkyl halides is 3. The van der Waals surface area contributed by atoms with Crippen LogP contribution in [0.1, 0.15) is 38.5 Å². The van der Waals surface area contributed by atoms with Gasteiger partial charge >= 0.3 is 6.18 Å². The molecule has 0 bridgehead atoms. The van der Waals surface area contributed by atoms with Gasteiger partial charge in [-0.05, 0) is 12.8 Å². The number of carbonyl (C=O) groups excluding carboxylic acids is 1. The van der Waals surface area contributed by atoms with Crippen LogP contribution in [-0.4, -0.2) is 24.5 Å². The molecular formula is C10H16F3NO. The summed E-state index contributed by atoms with van der Waals surface area (Å²) in [6, 6.07) is 0.333. The quantitative estimate of drug-likeness (QED) is 0.775. The zero-order chi connectivity index (χ0) is 11.3. The van der Waals surface area contributed by atoms with Crippen molar-refractivity contribution in [2.45, 2.75) is 50.7 Å². The van der Waals surface area contributed by atoms with Crippen molar-refractivity contribution in [3.05, 3.63) is 0 Å². The third-order valence-electron chi connectivity index (χ3n) is 2.63. The summed E-state index contributed by atoms with van der Waals surface area (Å²) in [5, 5.41) is 3.00. The molecule has 1 aliphatic rings. The molecule has 1 saturated carbocycles. The summed E-state index contributed by atoms with van der Waals surface area (Å²) in [6.07, 6.45) is -1.26. The molecule has 15 heavy (non-hydrogen) atoms. The maximum Gasteiger partial charge on any atom is 0.389 e. The monoisotopic (exact) mass is 223 g/mol. The second-order valence-corrected chi connectivity index (χ2v) is 4.02. The Balaban J connectivity index is 2.08. The number of nitrogens with one attached hydrogen (secondary N) is 1. The first-order valence-electron chi connectivity index (χ1n) is 5.29. The lowest BCUT2D eigenvalue weighted by atomic mass is 10.2. The third kappa shape index (κ3) is 5.77. The molecule has 0 radical (unpaired) electrons. The lowest BCUT2D eigenvalue weighted by Gasteiger charge is -2.11. The zero-order valence-corrected chi connectivity index (χ0v) is 8.57. The van der Waals surface area contributed by atoms with Gasteiger partial charge in [-0.25, -0.2) is 0 Å². The first-order valence-corrected chi connectivity index (χ1v) is 5.29. The number of halogens is 3. The molecule has 1 fully saturated rings. The van der Waals surface area contributed by atoms with E-state index in [1.54, 1.807) is 0 Å². The Kier molecular flexibility index (Phi) is 4.57. The molecule has 5 heteroatoms. The van der Waals surface area contributed by atoms with Crippen molar-refractivity contribution in [2.75, 3.05) is 6.54 Å². The van der Waals surface area contributed by atoms with E-state index in [4.69, 9.17) is 0 Å². The molecule has 1 aliphatic carbocycles. The van der Waals surface area contributed by atoms with Crippen LogP contribution in [0.25, 0.3) is 0 Å². The molecule has 0 aromatic carbocycles. The second kappa shape index (κ2) is 5.49. The van der Waals surface area contributed by atoms with Gasteiger partial charge in [0.25, 0.3) is 0 Å². The highest BCUT2D eigenvalue weighted by Crippen LogP contribution is 2.21. The van der Waals surface area contributed by atoms with E-state index in [-0.39, 0.29) is 12.3 Å². The van der Waals surface area contributed by atoms with Crippen molar-refractivity contribution in [2.24, 2.45) is 0 Å².